The number of rotatable bonds is 4. The van der Waals surface area contributed by atoms with Gasteiger partial charge in [0, 0.05) is 18.1 Å². The first kappa shape index (κ1) is 16.7. The van der Waals surface area contributed by atoms with Gasteiger partial charge in [-0.05, 0) is 68.7 Å². The quantitative estimate of drug-likeness (QED) is 0.800. The SMILES string of the molecule is COC(=O)C1CCC(Cc2cc(F)cc(-n3ccnc3C)c2)CC1. The Morgan fingerprint density at radius 2 is 2.04 bits per heavy atom. The standard InChI is InChI=1S/C19H23FN2O2/c1-13-21-7-8-22(13)18-11-15(10-17(20)12-18)9-14-3-5-16(6-4-14)19(23)24-2/h7-8,10-12,14,16H,3-6,9H2,1-2H3. The zero-order valence-electron chi connectivity index (χ0n) is 14.2. The summed E-state index contributed by atoms with van der Waals surface area (Å²) in [4.78, 5) is 15.8. The molecule has 1 aliphatic rings. The topological polar surface area (TPSA) is 44.1 Å². The predicted molar refractivity (Wildman–Crippen MR) is 89.4 cm³/mol. The Labute approximate surface area is 141 Å². The first-order valence-corrected chi connectivity index (χ1v) is 8.44. The lowest BCUT2D eigenvalue weighted by atomic mass is 9.79. The van der Waals surface area contributed by atoms with Crippen molar-refractivity contribution in [2.45, 2.75) is 39.0 Å². The smallest absolute Gasteiger partial charge is 0.308 e. The van der Waals surface area contributed by atoms with E-state index in [1.165, 1.54) is 13.2 Å². The summed E-state index contributed by atoms with van der Waals surface area (Å²) in [6, 6.07) is 5.18. The van der Waals surface area contributed by atoms with Crippen molar-refractivity contribution in [3.63, 3.8) is 0 Å². The maximum absolute atomic E-state index is 14.0. The molecule has 0 radical (unpaired) electrons. The number of nitrogens with zero attached hydrogens (tertiary/aromatic N) is 2. The Morgan fingerprint density at radius 1 is 1.29 bits per heavy atom. The van der Waals surface area contributed by atoms with E-state index in [0.29, 0.717) is 5.92 Å². The van der Waals surface area contributed by atoms with E-state index >= 15 is 0 Å². The average molecular weight is 330 g/mol. The number of benzene rings is 1. The van der Waals surface area contributed by atoms with Crippen LogP contribution in [-0.4, -0.2) is 22.6 Å². The Bertz CT molecular complexity index is 718. The van der Waals surface area contributed by atoms with Crippen LogP contribution in [0.2, 0.25) is 0 Å². The lowest BCUT2D eigenvalue weighted by Crippen LogP contribution is -2.23. The third-order valence-corrected chi connectivity index (χ3v) is 4.95. The molecule has 0 unspecified atom stereocenters. The number of hydrogen-bond acceptors (Lipinski definition) is 3. The molecule has 1 aliphatic carbocycles. The monoisotopic (exact) mass is 330 g/mol. The second kappa shape index (κ2) is 7.16. The van der Waals surface area contributed by atoms with E-state index < -0.39 is 0 Å². The Kier molecular flexibility index (Phi) is 4.97. The van der Waals surface area contributed by atoms with Crippen molar-refractivity contribution in [2.75, 3.05) is 7.11 Å². The fraction of sp³-hybridized carbons (Fsp3) is 0.474. The third kappa shape index (κ3) is 3.66. The first-order chi connectivity index (χ1) is 11.6. The first-order valence-electron chi connectivity index (χ1n) is 8.44. The summed E-state index contributed by atoms with van der Waals surface area (Å²) in [6.07, 6.45) is 8.08. The molecule has 0 saturated heterocycles. The number of hydrogen-bond donors (Lipinski definition) is 0. The van der Waals surface area contributed by atoms with Gasteiger partial charge in [0.1, 0.15) is 11.6 Å². The summed E-state index contributed by atoms with van der Waals surface area (Å²) in [5.41, 5.74) is 1.81. The zero-order valence-corrected chi connectivity index (χ0v) is 14.2. The van der Waals surface area contributed by atoms with E-state index in [2.05, 4.69) is 4.98 Å². The fourth-order valence-corrected chi connectivity index (χ4v) is 3.64. The van der Waals surface area contributed by atoms with Crippen molar-refractivity contribution >= 4 is 5.97 Å². The maximum Gasteiger partial charge on any atom is 0.308 e. The van der Waals surface area contributed by atoms with Gasteiger partial charge in [-0.25, -0.2) is 9.37 Å². The van der Waals surface area contributed by atoms with Gasteiger partial charge in [0.25, 0.3) is 0 Å². The molecule has 0 spiro atoms. The molecule has 1 heterocycles. The van der Waals surface area contributed by atoms with E-state index in [1.807, 2.05) is 23.8 Å². The number of esters is 1. The Hall–Kier alpha value is -2.17. The zero-order chi connectivity index (χ0) is 17.1. The summed E-state index contributed by atoms with van der Waals surface area (Å²) in [7, 11) is 1.45. The van der Waals surface area contributed by atoms with Crippen LogP contribution >= 0.6 is 0 Å². The van der Waals surface area contributed by atoms with Crippen LogP contribution in [-0.2, 0) is 16.0 Å². The molecule has 128 valence electrons. The van der Waals surface area contributed by atoms with Crippen LogP contribution in [0.1, 0.15) is 37.1 Å². The van der Waals surface area contributed by atoms with Crippen molar-refractivity contribution in [3.05, 3.63) is 47.8 Å². The molecule has 0 aliphatic heterocycles. The molecule has 5 heteroatoms. The molecule has 0 bridgehead atoms. The molecule has 0 amide bonds. The van der Waals surface area contributed by atoms with Crippen LogP contribution in [0.5, 0.6) is 0 Å². The van der Waals surface area contributed by atoms with Crippen LogP contribution in [0.3, 0.4) is 0 Å². The molecular weight excluding hydrogens is 307 g/mol. The number of halogens is 1. The van der Waals surface area contributed by atoms with Gasteiger partial charge in [-0.3, -0.25) is 4.79 Å². The minimum atomic E-state index is -0.223. The predicted octanol–water partition coefficient (Wildman–Crippen LogP) is 3.84. The van der Waals surface area contributed by atoms with Gasteiger partial charge in [-0.2, -0.15) is 0 Å². The number of carbonyl (C=O) groups is 1. The second-order valence-corrected chi connectivity index (χ2v) is 6.61. The molecule has 1 aromatic carbocycles. The molecule has 3 rings (SSSR count). The van der Waals surface area contributed by atoms with Crippen molar-refractivity contribution in [2.24, 2.45) is 11.8 Å². The van der Waals surface area contributed by atoms with Gasteiger partial charge < -0.3 is 9.30 Å². The summed E-state index contributed by atoms with van der Waals surface area (Å²) >= 11 is 0. The summed E-state index contributed by atoms with van der Waals surface area (Å²) in [5.74, 6) is 1.04. The molecule has 2 aromatic rings. The lowest BCUT2D eigenvalue weighted by Gasteiger charge is -2.27. The highest BCUT2D eigenvalue weighted by atomic mass is 19.1. The van der Waals surface area contributed by atoms with Crippen LogP contribution in [0.4, 0.5) is 4.39 Å². The molecule has 0 atom stereocenters. The van der Waals surface area contributed by atoms with Crippen molar-refractivity contribution in [3.8, 4) is 5.69 Å². The van der Waals surface area contributed by atoms with E-state index in [9.17, 15) is 9.18 Å². The molecule has 0 N–H and O–H groups in total. The van der Waals surface area contributed by atoms with Gasteiger partial charge in [-0.1, -0.05) is 0 Å². The number of carbonyl (C=O) groups excluding carboxylic acids is 1. The van der Waals surface area contributed by atoms with Crippen molar-refractivity contribution in [1.29, 1.82) is 0 Å². The summed E-state index contributed by atoms with van der Waals surface area (Å²) < 4.78 is 20.7. The van der Waals surface area contributed by atoms with Crippen molar-refractivity contribution in [1.82, 2.24) is 9.55 Å². The minimum absolute atomic E-state index is 0.0305. The maximum atomic E-state index is 14.0. The van der Waals surface area contributed by atoms with Crippen LogP contribution < -0.4 is 0 Å². The van der Waals surface area contributed by atoms with Gasteiger partial charge in [0.2, 0.25) is 0 Å². The van der Waals surface area contributed by atoms with E-state index in [4.69, 9.17) is 4.74 Å². The lowest BCUT2D eigenvalue weighted by molar-refractivity contribution is -0.146. The summed E-state index contributed by atoms with van der Waals surface area (Å²) in [5, 5.41) is 0. The van der Waals surface area contributed by atoms with Gasteiger partial charge in [-0.15, -0.1) is 0 Å². The molecule has 1 aromatic heterocycles. The number of aromatic nitrogens is 2. The molecule has 1 saturated carbocycles. The van der Waals surface area contributed by atoms with Gasteiger partial charge in [0.05, 0.1) is 13.0 Å². The number of methoxy groups -OCH3 is 1. The van der Waals surface area contributed by atoms with E-state index in [0.717, 1.165) is 49.2 Å². The second-order valence-electron chi connectivity index (χ2n) is 6.61. The highest BCUT2D eigenvalue weighted by Crippen LogP contribution is 2.32. The highest BCUT2D eigenvalue weighted by Gasteiger charge is 2.27. The number of imidazole rings is 1. The Balaban J connectivity index is 1.69. The molecular formula is C19H23FN2O2. The largest absolute Gasteiger partial charge is 0.469 e. The number of aryl methyl sites for hydroxylation is 1. The van der Waals surface area contributed by atoms with E-state index in [-0.39, 0.29) is 17.7 Å². The van der Waals surface area contributed by atoms with Gasteiger partial charge in [0.15, 0.2) is 0 Å². The Morgan fingerprint density at radius 3 is 2.67 bits per heavy atom. The third-order valence-electron chi connectivity index (χ3n) is 4.95. The molecule has 1 fully saturated rings. The highest BCUT2D eigenvalue weighted by molar-refractivity contribution is 5.72. The summed E-state index contributed by atoms with van der Waals surface area (Å²) in [6.45, 7) is 1.90. The van der Waals surface area contributed by atoms with Gasteiger partial charge >= 0.3 is 5.97 Å². The molecule has 4 nitrogen and oxygen atoms in total. The fourth-order valence-electron chi connectivity index (χ4n) is 3.64. The minimum Gasteiger partial charge on any atom is -0.469 e. The van der Waals surface area contributed by atoms with Crippen LogP contribution in [0, 0.1) is 24.6 Å². The number of ether oxygens (including phenoxy) is 1. The molecule has 24 heavy (non-hydrogen) atoms. The van der Waals surface area contributed by atoms with Crippen molar-refractivity contribution < 1.29 is 13.9 Å². The van der Waals surface area contributed by atoms with E-state index in [1.54, 1.807) is 12.3 Å². The van der Waals surface area contributed by atoms with Crippen LogP contribution in [0.15, 0.2) is 30.6 Å². The average Bonchev–Trinajstić information content (AvgIpc) is 3.00. The normalized spacial score (nSPS) is 20.8. The van der Waals surface area contributed by atoms with Crippen LogP contribution in [0.25, 0.3) is 5.69 Å².